The Labute approximate surface area is 213 Å². The summed E-state index contributed by atoms with van der Waals surface area (Å²) in [5.41, 5.74) is 3.21. The largest absolute Gasteiger partial charge is 0.491 e. The molecule has 2 atom stereocenters. The van der Waals surface area contributed by atoms with Crippen molar-refractivity contribution in [1.29, 1.82) is 0 Å². The van der Waals surface area contributed by atoms with E-state index in [0.29, 0.717) is 43.4 Å². The summed E-state index contributed by atoms with van der Waals surface area (Å²) in [5.74, 6) is 1.07. The number of hydrogen-bond acceptors (Lipinski definition) is 7. The molecule has 1 N–H and O–H groups in total. The molecule has 2 aromatic carbocycles. The lowest BCUT2D eigenvalue weighted by Crippen LogP contribution is -2.44. The maximum Gasteiger partial charge on any atom is 0.257 e. The van der Waals surface area contributed by atoms with E-state index in [2.05, 4.69) is 41.0 Å². The highest BCUT2D eigenvalue weighted by Gasteiger charge is 2.27. The van der Waals surface area contributed by atoms with Crippen molar-refractivity contribution >= 4 is 5.91 Å². The topological polar surface area (TPSA) is 74.7 Å². The minimum Gasteiger partial charge on any atom is -0.491 e. The summed E-state index contributed by atoms with van der Waals surface area (Å²) in [7, 11) is 0. The smallest absolute Gasteiger partial charge is 0.257 e. The molecule has 0 spiro atoms. The van der Waals surface area contributed by atoms with Crippen LogP contribution in [0.4, 0.5) is 0 Å². The molecule has 2 aromatic rings. The molecular weight excluding hydrogens is 458 g/mol. The van der Waals surface area contributed by atoms with Crippen LogP contribution < -0.4 is 9.47 Å². The van der Waals surface area contributed by atoms with Gasteiger partial charge in [0.05, 0.1) is 24.8 Å². The summed E-state index contributed by atoms with van der Waals surface area (Å²) in [6.07, 6.45) is 0.396. The molecule has 3 aliphatic heterocycles. The number of benzene rings is 2. The van der Waals surface area contributed by atoms with Gasteiger partial charge in [-0.05, 0) is 36.2 Å². The third-order valence-corrected chi connectivity index (χ3v) is 7.31. The lowest BCUT2D eigenvalue weighted by molar-refractivity contribution is -0.0464. The Kier molecular flexibility index (Phi) is 8.06. The first kappa shape index (κ1) is 25.0. The molecule has 8 nitrogen and oxygen atoms in total. The first-order valence-electron chi connectivity index (χ1n) is 13.1. The van der Waals surface area contributed by atoms with Crippen LogP contribution in [0, 0.1) is 0 Å². The van der Waals surface area contributed by atoms with Crippen molar-refractivity contribution in [3.63, 3.8) is 0 Å². The highest BCUT2D eigenvalue weighted by Crippen LogP contribution is 2.28. The van der Waals surface area contributed by atoms with Crippen LogP contribution in [0.3, 0.4) is 0 Å². The number of rotatable bonds is 8. The van der Waals surface area contributed by atoms with Crippen LogP contribution in [0.2, 0.25) is 0 Å². The lowest BCUT2D eigenvalue weighted by atomic mass is 10.00. The molecule has 1 amide bonds. The van der Waals surface area contributed by atoms with Gasteiger partial charge in [0.1, 0.15) is 30.8 Å². The van der Waals surface area contributed by atoms with Crippen molar-refractivity contribution in [2.45, 2.75) is 32.1 Å². The Balaban J connectivity index is 1.15. The third kappa shape index (κ3) is 6.00. The van der Waals surface area contributed by atoms with Crippen molar-refractivity contribution < 1.29 is 24.1 Å². The van der Waals surface area contributed by atoms with E-state index < -0.39 is 6.10 Å². The summed E-state index contributed by atoms with van der Waals surface area (Å²) in [6, 6.07) is 13.8. The summed E-state index contributed by atoms with van der Waals surface area (Å²) in [6.45, 7) is 9.54. The molecule has 1 fully saturated rings. The van der Waals surface area contributed by atoms with Crippen LogP contribution >= 0.6 is 0 Å². The number of amides is 1. The number of aliphatic hydroxyl groups is 1. The van der Waals surface area contributed by atoms with Gasteiger partial charge in [-0.15, -0.1) is 0 Å². The first-order chi connectivity index (χ1) is 17.6. The number of β-amino-alcohol motifs (C(OH)–C–C–N with tert-alkyl or cyclic N) is 1. The fourth-order valence-electron chi connectivity index (χ4n) is 5.28. The zero-order chi connectivity index (χ0) is 24.9. The van der Waals surface area contributed by atoms with Gasteiger partial charge >= 0.3 is 0 Å². The highest BCUT2D eigenvalue weighted by atomic mass is 16.5. The summed E-state index contributed by atoms with van der Waals surface area (Å²) in [4.78, 5) is 19.6. The number of likely N-dealkylation sites (N-methyl/N-ethyl adjacent to an activating group) is 1. The van der Waals surface area contributed by atoms with Crippen molar-refractivity contribution in [2.24, 2.45) is 0 Å². The SMILES string of the molecule is CCN1CCOC(COc2ccc3c(c2)OCCN(CC(O)CN2CCc4ccccc4C2)C3=O)C1. The van der Waals surface area contributed by atoms with E-state index in [1.54, 1.807) is 17.0 Å². The number of fused-ring (bicyclic) bond motifs is 2. The highest BCUT2D eigenvalue weighted by molar-refractivity contribution is 5.97. The van der Waals surface area contributed by atoms with Crippen molar-refractivity contribution in [3.05, 3.63) is 59.2 Å². The fraction of sp³-hybridized carbons (Fsp3) is 0.536. The van der Waals surface area contributed by atoms with Gasteiger partial charge in [-0.1, -0.05) is 31.2 Å². The molecule has 3 heterocycles. The Morgan fingerprint density at radius 1 is 1.06 bits per heavy atom. The standard InChI is InChI=1S/C28H37N3O5/c1-2-29-11-13-34-25(19-29)20-36-24-7-8-26-27(15-24)35-14-12-31(28(26)33)18-23(32)17-30-10-9-21-5-3-4-6-22(21)16-30/h3-8,15,23,25,32H,2,9-14,16-20H2,1H3. The van der Waals surface area contributed by atoms with Crippen LogP contribution in [0.25, 0.3) is 0 Å². The van der Waals surface area contributed by atoms with Gasteiger partial charge in [-0.2, -0.15) is 0 Å². The van der Waals surface area contributed by atoms with Crippen LogP contribution in [0.15, 0.2) is 42.5 Å². The first-order valence-corrected chi connectivity index (χ1v) is 13.1. The van der Waals surface area contributed by atoms with E-state index in [-0.39, 0.29) is 18.6 Å². The molecule has 5 rings (SSSR count). The molecule has 0 radical (unpaired) electrons. The predicted octanol–water partition coefficient (Wildman–Crippen LogP) is 2.04. The zero-order valence-corrected chi connectivity index (χ0v) is 21.1. The number of morpholine rings is 1. The number of nitrogens with zero attached hydrogens (tertiary/aromatic N) is 3. The average Bonchev–Trinajstić information content (AvgIpc) is 3.05. The molecule has 8 heteroatoms. The molecule has 0 saturated carbocycles. The van der Waals surface area contributed by atoms with E-state index in [4.69, 9.17) is 14.2 Å². The lowest BCUT2D eigenvalue weighted by Gasteiger charge is -2.32. The number of ether oxygens (including phenoxy) is 3. The summed E-state index contributed by atoms with van der Waals surface area (Å²) in [5, 5.41) is 10.8. The normalized spacial score (nSPS) is 21.8. The molecule has 0 aliphatic carbocycles. The maximum absolute atomic E-state index is 13.3. The maximum atomic E-state index is 13.3. The van der Waals surface area contributed by atoms with Gasteiger partial charge in [0.25, 0.3) is 5.91 Å². The minimum absolute atomic E-state index is 0.0328. The number of carbonyl (C=O) groups is 1. The van der Waals surface area contributed by atoms with Gasteiger partial charge < -0.3 is 24.2 Å². The number of carbonyl (C=O) groups excluding carboxylic acids is 1. The van der Waals surface area contributed by atoms with Crippen LogP contribution in [-0.4, -0.2) is 104 Å². The van der Waals surface area contributed by atoms with Gasteiger partial charge in [-0.3, -0.25) is 14.6 Å². The van der Waals surface area contributed by atoms with Crippen molar-refractivity contribution in [2.75, 3.05) is 65.6 Å². The monoisotopic (exact) mass is 495 g/mol. The Bertz CT molecular complexity index is 1050. The van der Waals surface area contributed by atoms with Gasteiger partial charge in [0.2, 0.25) is 0 Å². The molecule has 36 heavy (non-hydrogen) atoms. The number of hydrogen-bond donors (Lipinski definition) is 1. The van der Waals surface area contributed by atoms with E-state index in [1.165, 1.54) is 11.1 Å². The van der Waals surface area contributed by atoms with Crippen molar-refractivity contribution in [1.82, 2.24) is 14.7 Å². The number of aliphatic hydroxyl groups excluding tert-OH is 1. The zero-order valence-electron chi connectivity index (χ0n) is 21.1. The summed E-state index contributed by atoms with van der Waals surface area (Å²) >= 11 is 0. The van der Waals surface area contributed by atoms with E-state index in [1.807, 2.05) is 6.07 Å². The predicted molar refractivity (Wildman–Crippen MR) is 137 cm³/mol. The average molecular weight is 496 g/mol. The van der Waals surface area contributed by atoms with Crippen LogP contribution in [0.5, 0.6) is 11.5 Å². The van der Waals surface area contributed by atoms with Gasteiger partial charge in [0, 0.05) is 45.3 Å². The molecule has 194 valence electrons. The van der Waals surface area contributed by atoms with Crippen LogP contribution in [0.1, 0.15) is 28.4 Å². The summed E-state index contributed by atoms with van der Waals surface area (Å²) < 4.78 is 17.7. The Morgan fingerprint density at radius 3 is 2.78 bits per heavy atom. The van der Waals surface area contributed by atoms with Gasteiger partial charge in [0.15, 0.2) is 0 Å². The minimum atomic E-state index is -0.624. The Morgan fingerprint density at radius 2 is 1.92 bits per heavy atom. The van der Waals surface area contributed by atoms with E-state index in [9.17, 15) is 9.90 Å². The molecule has 0 aromatic heterocycles. The molecule has 2 unspecified atom stereocenters. The third-order valence-electron chi connectivity index (χ3n) is 7.31. The molecular formula is C28H37N3O5. The molecule has 1 saturated heterocycles. The van der Waals surface area contributed by atoms with Gasteiger partial charge in [-0.25, -0.2) is 0 Å². The molecule has 3 aliphatic rings. The second-order valence-corrected chi connectivity index (χ2v) is 9.86. The van der Waals surface area contributed by atoms with Crippen molar-refractivity contribution in [3.8, 4) is 11.5 Å². The second kappa shape index (κ2) is 11.6. The van der Waals surface area contributed by atoms with E-state index >= 15 is 0 Å². The van der Waals surface area contributed by atoms with E-state index in [0.717, 1.165) is 45.8 Å². The molecule has 0 bridgehead atoms. The fourth-order valence-corrected chi connectivity index (χ4v) is 5.28. The second-order valence-electron chi connectivity index (χ2n) is 9.86. The Hall–Kier alpha value is -2.65. The quantitative estimate of drug-likeness (QED) is 0.601. The van der Waals surface area contributed by atoms with Crippen LogP contribution in [-0.2, 0) is 17.7 Å².